The van der Waals surface area contributed by atoms with Gasteiger partial charge in [0.2, 0.25) is 0 Å². The minimum absolute atomic E-state index is 0.177. The molecule has 2 aromatic carbocycles. The average molecular weight is 443 g/mol. The summed E-state index contributed by atoms with van der Waals surface area (Å²) in [5.41, 5.74) is 5.09. The second-order valence-electron chi connectivity index (χ2n) is 4.54. The van der Waals surface area contributed by atoms with E-state index in [1.807, 2.05) is 6.07 Å². The van der Waals surface area contributed by atoms with Gasteiger partial charge in [0.1, 0.15) is 0 Å². The molecule has 0 bridgehead atoms. The molecule has 1 atom stereocenters. The van der Waals surface area contributed by atoms with Crippen molar-refractivity contribution in [2.45, 2.75) is 4.32 Å². The summed E-state index contributed by atoms with van der Waals surface area (Å²) in [5.74, 6) is 0. The molecule has 0 radical (unpaired) electrons. The smallest absolute Gasteiger partial charge is 0.0874 e. The van der Waals surface area contributed by atoms with Crippen LogP contribution in [-0.2, 0) is 4.32 Å². The van der Waals surface area contributed by atoms with Gasteiger partial charge in [0.05, 0.1) is 4.32 Å². The average Bonchev–Trinajstić information content (AvgIpc) is 2.70. The maximum atomic E-state index is 3.95. The van der Waals surface area contributed by atoms with Gasteiger partial charge >= 0.3 is 0 Å². The zero-order valence-corrected chi connectivity index (χ0v) is 14.8. The fourth-order valence-corrected chi connectivity index (χ4v) is 5.10. The number of alkyl halides is 2. The number of fused-ring (bicyclic) bond motifs is 1. The molecule has 96 valence electrons. The molecule has 0 spiro atoms. The van der Waals surface area contributed by atoms with E-state index in [-0.39, 0.29) is 4.32 Å². The predicted molar refractivity (Wildman–Crippen MR) is 93.0 cm³/mol. The fraction of sp³-hybridized carbons (Fsp3) is 0.125. The Labute approximate surface area is 138 Å². The molecule has 2 aromatic rings. The van der Waals surface area contributed by atoms with Gasteiger partial charge in [-0.25, -0.2) is 0 Å². The van der Waals surface area contributed by atoms with E-state index in [0.29, 0.717) is 0 Å². The monoisotopic (exact) mass is 440 g/mol. The summed E-state index contributed by atoms with van der Waals surface area (Å²) in [7, 11) is 0. The Morgan fingerprint density at radius 2 is 1.53 bits per heavy atom. The van der Waals surface area contributed by atoms with Crippen LogP contribution in [0.25, 0.3) is 10.1 Å². The van der Waals surface area contributed by atoms with Crippen LogP contribution in [0, 0.1) is 0 Å². The van der Waals surface area contributed by atoms with Crippen molar-refractivity contribution in [3.8, 4) is 0 Å². The van der Waals surface area contributed by atoms with E-state index in [9.17, 15) is 0 Å². The van der Waals surface area contributed by atoms with E-state index in [1.54, 1.807) is 0 Å². The Morgan fingerprint density at radius 3 is 2.21 bits per heavy atom. The maximum Gasteiger partial charge on any atom is 0.0874 e. The molecule has 0 aliphatic heterocycles. The van der Waals surface area contributed by atoms with Gasteiger partial charge < -0.3 is 0 Å². The third-order valence-corrected chi connectivity index (χ3v) is 6.97. The molecule has 3 heteroatoms. The molecule has 0 N–H and O–H groups in total. The molecule has 0 aromatic heterocycles. The Balaban J connectivity index is 2.28. The van der Waals surface area contributed by atoms with E-state index in [1.165, 1.54) is 26.7 Å². The highest BCUT2D eigenvalue weighted by Gasteiger charge is 2.42. The first-order valence-corrected chi connectivity index (χ1v) is 8.69. The summed E-state index contributed by atoms with van der Waals surface area (Å²) in [6.07, 6.45) is 0. The number of allylic oxidation sites excluding steroid dienone is 1. The fourth-order valence-electron chi connectivity index (χ4n) is 2.56. The summed E-state index contributed by atoms with van der Waals surface area (Å²) in [4.78, 5) is 0. The number of halogens is 3. The van der Waals surface area contributed by atoms with E-state index in [0.717, 1.165) is 5.33 Å². The second-order valence-corrected chi connectivity index (χ2v) is 7.24. The third-order valence-electron chi connectivity index (χ3n) is 3.45. The van der Waals surface area contributed by atoms with Crippen molar-refractivity contribution in [2.24, 2.45) is 0 Å². The highest BCUT2D eigenvalue weighted by molar-refractivity contribution is 9.15. The SMILES string of the molecule is BrC[C@]1(Br)C(c2ccccc2)=C(Br)c2ccccc21. The highest BCUT2D eigenvalue weighted by Crippen LogP contribution is 2.57. The van der Waals surface area contributed by atoms with Gasteiger partial charge in [-0.15, -0.1) is 0 Å². The number of hydrogen-bond acceptors (Lipinski definition) is 0. The van der Waals surface area contributed by atoms with E-state index in [2.05, 4.69) is 96.3 Å². The first kappa shape index (κ1) is 13.6. The molecule has 1 aliphatic carbocycles. The summed E-state index contributed by atoms with van der Waals surface area (Å²) in [5, 5.41) is 0.830. The largest absolute Gasteiger partial charge is 0.0905 e. The second kappa shape index (κ2) is 5.19. The summed E-state index contributed by atoms with van der Waals surface area (Å²) in [6, 6.07) is 19.0. The normalized spacial score (nSPS) is 21.6. The van der Waals surface area contributed by atoms with E-state index < -0.39 is 0 Å². The van der Waals surface area contributed by atoms with Gasteiger partial charge in [0.15, 0.2) is 0 Å². The molecule has 0 saturated carbocycles. The number of benzene rings is 2. The Bertz CT molecular complexity index is 646. The van der Waals surface area contributed by atoms with Crippen LogP contribution >= 0.6 is 47.8 Å². The number of rotatable bonds is 2. The molecular formula is C16H11Br3. The molecule has 0 saturated heterocycles. The van der Waals surface area contributed by atoms with Crippen molar-refractivity contribution in [2.75, 3.05) is 5.33 Å². The molecule has 19 heavy (non-hydrogen) atoms. The van der Waals surface area contributed by atoms with Crippen LogP contribution in [0.15, 0.2) is 54.6 Å². The van der Waals surface area contributed by atoms with Crippen LogP contribution in [0.4, 0.5) is 0 Å². The summed E-state index contributed by atoms with van der Waals surface area (Å²) in [6.45, 7) is 0. The maximum absolute atomic E-state index is 3.95. The lowest BCUT2D eigenvalue weighted by molar-refractivity contribution is 0.967. The Hall–Kier alpha value is -0.380. The Kier molecular flexibility index (Phi) is 3.71. The van der Waals surface area contributed by atoms with E-state index >= 15 is 0 Å². The van der Waals surface area contributed by atoms with Gasteiger partial charge in [-0.1, -0.05) is 86.5 Å². The lowest BCUT2D eigenvalue weighted by Crippen LogP contribution is -2.19. The molecule has 1 aliphatic rings. The molecule has 0 heterocycles. The van der Waals surface area contributed by atoms with Crippen LogP contribution in [0.3, 0.4) is 0 Å². The first-order chi connectivity index (χ1) is 9.18. The first-order valence-electron chi connectivity index (χ1n) is 5.99. The van der Waals surface area contributed by atoms with Crippen molar-refractivity contribution >= 4 is 57.8 Å². The minimum Gasteiger partial charge on any atom is -0.0905 e. The van der Waals surface area contributed by atoms with Gasteiger partial charge in [-0.3, -0.25) is 0 Å². The molecular weight excluding hydrogens is 432 g/mol. The summed E-state index contributed by atoms with van der Waals surface area (Å²) >= 11 is 11.4. The lowest BCUT2D eigenvalue weighted by atomic mass is 9.93. The molecule has 0 unspecified atom stereocenters. The van der Waals surface area contributed by atoms with Crippen molar-refractivity contribution in [3.05, 3.63) is 71.3 Å². The Morgan fingerprint density at radius 1 is 0.895 bits per heavy atom. The molecule has 0 fully saturated rings. The molecule has 3 rings (SSSR count). The van der Waals surface area contributed by atoms with Crippen molar-refractivity contribution < 1.29 is 0 Å². The van der Waals surface area contributed by atoms with Crippen LogP contribution in [0.5, 0.6) is 0 Å². The predicted octanol–water partition coefficient (Wildman–Crippen LogP) is 5.95. The van der Waals surface area contributed by atoms with Gasteiger partial charge in [0.25, 0.3) is 0 Å². The van der Waals surface area contributed by atoms with Gasteiger partial charge in [-0.2, -0.15) is 0 Å². The van der Waals surface area contributed by atoms with Crippen LogP contribution in [0.2, 0.25) is 0 Å². The van der Waals surface area contributed by atoms with Crippen LogP contribution < -0.4 is 0 Å². The van der Waals surface area contributed by atoms with Gasteiger partial charge in [0, 0.05) is 9.81 Å². The standard InChI is InChI=1S/C16H11Br3/c17-10-16(19)13-9-5-4-8-12(13)15(18)14(16)11-6-2-1-3-7-11/h1-9H,10H2/t16-/m1/s1. The number of hydrogen-bond donors (Lipinski definition) is 0. The zero-order valence-electron chi connectivity index (χ0n) is 10.0. The van der Waals surface area contributed by atoms with Crippen molar-refractivity contribution in [3.63, 3.8) is 0 Å². The molecule has 0 amide bonds. The summed E-state index contributed by atoms with van der Waals surface area (Å²) < 4.78 is 0.995. The van der Waals surface area contributed by atoms with E-state index in [4.69, 9.17) is 0 Å². The quantitative estimate of drug-likeness (QED) is 0.504. The van der Waals surface area contributed by atoms with Crippen molar-refractivity contribution in [1.29, 1.82) is 0 Å². The highest BCUT2D eigenvalue weighted by atomic mass is 79.9. The minimum atomic E-state index is -0.177. The lowest BCUT2D eigenvalue weighted by Gasteiger charge is -2.25. The zero-order chi connectivity index (χ0) is 13.5. The van der Waals surface area contributed by atoms with Crippen LogP contribution in [-0.4, -0.2) is 5.33 Å². The topological polar surface area (TPSA) is 0 Å². The third kappa shape index (κ3) is 2.07. The van der Waals surface area contributed by atoms with Gasteiger partial charge in [-0.05, 0) is 38.2 Å². The van der Waals surface area contributed by atoms with Crippen molar-refractivity contribution in [1.82, 2.24) is 0 Å². The van der Waals surface area contributed by atoms with Crippen LogP contribution in [0.1, 0.15) is 16.7 Å². The molecule has 0 nitrogen and oxygen atoms in total.